The molecule has 0 heterocycles. The minimum atomic E-state index is -2.15. The SMILES string of the molecule is O=S(O)c1c(Cl)cc(Br)cc1Cl. The van der Waals surface area contributed by atoms with Crippen molar-refractivity contribution in [2.75, 3.05) is 0 Å². The number of rotatable bonds is 1. The van der Waals surface area contributed by atoms with E-state index in [0.717, 1.165) is 0 Å². The van der Waals surface area contributed by atoms with Gasteiger partial charge in [-0.3, -0.25) is 0 Å². The fourth-order valence-electron chi connectivity index (χ4n) is 0.696. The highest BCUT2D eigenvalue weighted by Gasteiger charge is 2.12. The molecule has 1 rings (SSSR count). The molecular weight excluding hydrogens is 287 g/mol. The van der Waals surface area contributed by atoms with Gasteiger partial charge in [0.15, 0.2) is 11.1 Å². The van der Waals surface area contributed by atoms with Crippen molar-refractivity contribution in [3.05, 3.63) is 26.7 Å². The molecule has 0 spiro atoms. The molecule has 1 aromatic carbocycles. The van der Waals surface area contributed by atoms with E-state index in [1.807, 2.05) is 0 Å². The van der Waals surface area contributed by atoms with Crippen LogP contribution < -0.4 is 0 Å². The zero-order chi connectivity index (χ0) is 9.30. The standard InChI is InChI=1S/C6H3BrCl2O2S/c7-3-1-4(8)6(12(10)11)5(9)2-3/h1-2H,(H,10,11). The summed E-state index contributed by atoms with van der Waals surface area (Å²) in [5.74, 6) is 0. The summed E-state index contributed by atoms with van der Waals surface area (Å²) in [6.07, 6.45) is 0. The molecule has 0 bridgehead atoms. The highest BCUT2D eigenvalue weighted by molar-refractivity contribution is 9.10. The molecule has 0 fully saturated rings. The summed E-state index contributed by atoms with van der Waals surface area (Å²) in [6, 6.07) is 3.02. The Hall–Kier alpha value is 0.390. The van der Waals surface area contributed by atoms with E-state index in [0.29, 0.717) is 4.47 Å². The first-order valence-electron chi connectivity index (χ1n) is 2.78. The third-order valence-corrected chi connectivity index (χ3v) is 3.20. The smallest absolute Gasteiger partial charge is 0.189 e. The number of hydrogen-bond acceptors (Lipinski definition) is 1. The van der Waals surface area contributed by atoms with Crippen LogP contribution in [0, 0.1) is 0 Å². The Morgan fingerprint density at radius 1 is 1.33 bits per heavy atom. The Morgan fingerprint density at radius 2 is 1.75 bits per heavy atom. The lowest BCUT2D eigenvalue weighted by Crippen LogP contribution is -1.91. The topological polar surface area (TPSA) is 37.3 Å². The second kappa shape index (κ2) is 4.07. The molecule has 12 heavy (non-hydrogen) atoms. The molecule has 0 saturated carbocycles. The van der Waals surface area contributed by atoms with Gasteiger partial charge in [-0.05, 0) is 12.1 Å². The summed E-state index contributed by atoms with van der Waals surface area (Å²) in [7, 11) is 0. The van der Waals surface area contributed by atoms with Crippen molar-refractivity contribution < 1.29 is 8.76 Å². The van der Waals surface area contributed by atoms with Crippen LogP contribution in [-0.4, -0.2) is 8.76 Å². The van der Waals surface area contributed by atoms with Gasteiger partial charge >= 0.3 is 0 Å². The fraction of sp³-hybridized carbons (Fsp3) is 0. The normalized spacial score (nSPS) is 13.0. The van der Waals surface area contributed by atoms with Crippen molar-refractivity contribution in [1.82, 2.24) is 0 Å². The van der Waals surface area contributed by atoms with Crippen LogP contribution in [-0.2, 0) is 11.1 Å². The maximum atomic E-state index is 10.7. The minimum absolute atomic E-state index is 0.0431. The number of benzene rings is 1. The summed E-state index contributed by atoms with van der Waals surface area (Å²) in [4.78, 5) is 0.0431. The predicted molar refractivity (Wildman–Crippen MR) is 53.2 cm³/mol. The van der Waals surface area contributed by atoms with E-state index < -0.39 is 11.1 Å². The molecule has 6 heteroatoms. The van der Waals surface area contributed by atoms with Gasteiger partial charge in [-0.25, -0.2) is 4.21 Å². The van der Waals surface area contributed by atoms with Gasteiger partial charge in [0, 0.05) is 4.47 Å². The van der Waals surface area contributed by atoms with Gasteiger partial charge in [-0.1, -0.05) is 39.1 Å². The van der Waals surface area contributed by atoms with E-state index >= 15 is 0 Å². The molecule has 2 nitrogen and oxygen atoms in total. The van der Waals surface area contributed by atoms with Crippen molar-refractivity contribution in [1.29, 1.82) is 0 Å². The van der Waals surface area contributed by atoms with Crippen LogP contribution in [0.5, 0.6) is 0 Å². The molecule has 1 unspecified atom stereocenters. The van der Waals surface area contributed by atoms with Gasteiger partial charge in [0.25, 0.3) is 0 Å². The van der Waals surface area contributed by atoms with Gasteiger partial charge in [-0.2, -0.15) is 0 Å². The molecule has 0 aromatic heterocycles. The van der Waals surface area contributed by atoms with Crippen LogP contribution in [0.15, 0.2) is 21.5 Å². The molecular formula is C6H3BrCl2O2S. The van der Waals surface area contributed by atoms with Crippen molar-refractivity contribution >= 4 is 50.2 Å². The lowest BCUT2D eigenvalue weighted by molar-refractivity contribution is 0.564. The molecule has 66 valence electrons. The average Bonchev–Trinajstić information content (AvgIpc) is 1.82. The highest BCUT2D eigenvalue weighted by atomic mass is 79.9. The summed E-state index contributed by atoms with van der Waals surface area (Å²) in [6.45, 7) is 0. The number of halogens is 3. The Kier molecular flexibility index (Phi) is 3.55. The zero-order valence-corrected chi connectivity index (χ0v) is 9.47. The summed E-state index contributed by atoms with van der Waals surface area (Å²) in [5, 5.41) is 0.352. The lowest BCUT2D eigenvalue weighted by atomic mass is 10.4. The Balaban J connectivity index is 3.38. The van der Waals surface area contributed by atoms with Crippen LogP contribution in [0.3, 0.4) is 0 Å². The molecule has 0 aliphatic rings. The first-order valence-corrected chi connectivity index (χ1v) is 5.43. The van der Waals surface area contributed by atoms with Crippen molar-refractivity contribution in [3.8, 4) is 0 Å². The average molecular weight is 290 g/mol. The Bertz CT molecular complexity index is 319. The van der Waals surface area contributed by atoms with Gasteiger partial charge in [0.1, 0.15) is 4.90 Å². The summed E-state index contributed by atoms with van der Waals surface area (Å²) >= 11 is 12.3. The number of hydrogen-bond donors (Lipinski definition) is 1. The third kappa shape index (κ3) is 2.20. The molecule has 0 amide bonds. The van der Waals surface area contributed by atoms with E-state index in [2.05, 4.69) is 15.9 Å². The highest BCUT2D eigenvalue weighted by Crippen LogP contribution is 2.30. The second-order valence-corrected chi connectivity index (χ2v) is 4.58. The third-order valence-electron chi connectivity index (χ3n) is 1.14. The lowest BCUT2D eigenvalue weighted by Gasteiger charge is -2.02. The maximum absolute atomic E-state index is 10.7. The van der Waals surface area contributed by atoms with Crippen LogP contribution in [0.4, 0.5) is 0 Å². The molecule has 0 aliphatic heterocycles. The molecule has 0 radical (unpaired) electrons. The summed E-state index contributed by atoms with van der Waals surface area (Å²) < 4.78 is 20.1. The summed E-state index contributed by atoms with van der Waals surface area (Å²) in [5.41, 5.74) is 0. The molecule has 0 saturated heterocycles. The monoisotopic (exact) mass is 288 g/mol. The fourth-order valence-corrected chi connectivity index (χ4v) is 2.75. The quantitative estimate of drug-likeness (QED) is 0.805. The second-order valence-electron chi connectivity index (χ2n) is 1.95. The predicted octanol–water partition coefficient (Wildman–Crippen LogP) is 3.34. The zero-order valence-electron chi connectivity index (χ0n) is 5.55. The van der Waals surface area contributed by atoms with Crippen LogP contribution in [0.25, 0.3) is 0 Å². The van der Waals surface area contributed by atoms with Crippen LogP contribution in [0.1, 0.15) is 0 Å². The molecule has 1 N–H and O–H groups in total. The molecule has 1 atom stereocenters. The molecule has 1 aromatic rings. The van der Waals surface area contributed by atoms with Crippen LogP contribution in [0.2, 0.25) is 10.0 Å². The van der Waals surface area contributed by atoms with Gasteiger partial charge in [-0.15, -0.1) is 0 Å². The van der Waals surface area contributed by atoms with E-state index in [-0.39, 0.29) is 14.9 Å². The Morgan fingerprint density at radius 3 is 2.08 bits per heavy atom. The molecule has 0 aliphatic carbocycles. The van der Waals surface area contributed by atoms with E-state index in [4.69, 9.17) is 27.8 Å². The minimum Gasteiger partial charge on any atom is -0.302 e. The van der Waals surface area contributed by atoms with E-state index in [9.17, 15) is 4.21 Å². The van der Waals surface area contributed by atoms with Crippen molar-refractivity contribution in [2.24, 2.45) is 0 Å². The van der Waals surface area contributed by atoms with E-state index in [1.54, 1.807) is 0 Å². The van der Waals surface area contributed by atoms with Gasteiger partial charge in [0.2, 0.25) is 0 Å². The maximum Gasteiger partial charge on any atom is 0.189 e. The first-order chi connectivity index (χ1) is 5.52. The van der Waals surface area contributed by atoms with E-state index in [1.165, 1.54) is 12.1 Å². The van der Waals surface area contributed by atoms with Crippen molar-refractivity contribution in [3.63, 3.8) is 0 Å². The first kappa shape index (κ1) is 10.5. The Labute approximate surface area is 90.3 Å². The van der Waals surface area contributed by atoms with Crippen LogP contribution >= 0.6 is 39.1 Å². The van der Waals surface area contributed by atoms with Gasteiger partial charge < -0.3 is 4.55 Å². The van der Waals surface area contributed by atoms with Gasteiger partial charge in [0.05, 0.1) is 10.0 Å². The largest absolute Gasteiger partial charge is 0.302 e. The van der Waals surface area contributed by atoms with Crippen molar-refractivity contribution in [2.45, 2.75) is 4.90 Å².